The van der Waals surface area contributed by atoms with Crippen LogP contribution >= 0.6 is 7.92 Å². The van der Waals surface area contributed by atoms with E-state index in [0.29, 0.717) is 18.6 Å². The predicted molar refractivity (Wildman–Crippen MR) is 108 cm³/mol. The first-order valence-electron chi connectivity index (χ1n) is 8.92. The minimum Gasteiger partial charge on any atom is -0.349 e. The van der Waals surface area contributed by atoms with Gasteiger partial charge >= 0.3 is 0 Å². The Morgan fingerprint density at radius 2 is 1.58 bits per heavy atom. The van der Waals surface area contributed by atoms with E-state index in [1.54, 1.807) is 0 Å². The fourth-order valence-corrected chi connectivity index (χ4v) is 5.40. The Bertz CT molecular complexity index is 876. The van der Waals surface area contributed by atoms with Gasteiger partial charge in [-0.25, -0.2) is 0 Å². The van der Waals surface area contributed by atoms with Crippen LogP contribution in [0.1, 0.15) is 13.8 Å². The van der Waals surface area contributed by atoms with Gasteiger partial charge in [-0.15, -0.1) is 0 Å². The van der Waals surface area contributed by atoms with Crippen molar-refractivity contribution in [1.29, 1.82) is 0 Å². The van der Waals surface area contributed by atoms with Crippen molar-refractivity contribution in [2.75, 3.05) is 6.61 Å². The van der Waals surface area contributed by atoms with E-state index in [2.05, 4.69) is 97.0 Å². The molecule has 2 nitrogen and oxygen atoms in total. The molecule has 4 rings (SSSR count). The van der Waals surface area contributed by atoms with E-state index in [1.807, 2.05) is 0 Å². The molecule has 1 aliphatic carbocycles. The number of hydrogen-bond acceptors (Lipinski definition) is 2. The van der Waals surface area contributed by atoms with E-state index in [0.717, 1.165) is 17.1 Å². The minimum atomic E-state index is -0.734. The molecule has 0 aromatic heterocycles. The Hall–Kier alpha value is -2.13. The topological polar surface area (TPSA) is 21.3 Å². The normalized spacial score (nSPS) is 19.5. The molecule has 3 heteroatoms. The fourth-order valence-electron chi connectivity index (χ4n) is 3.10. The van der Waals surface area contributed by atoms with Crippen molar-refractivity contribution in [1.82, 2.24) is 5.32 Å². The summed E-state index contributed by atoms with van der Waals surface area (Å²) in [5.74, 6) is 0.517. The smallest absolute Gasteiger partial charge is 0.203 e. The largest absolute Gasteiger partial charge is 0.349 e. The van der Waals surface area contributed by atoms with E-state index in [-0.39, 0.29) is 0 Å². The number of benzene rings is 2. The number of hydrogen-bond donors (Lipinski definition) is 1. The van der Waals surface area contributed by atoms with Crippen molar-refractivity contribution in [3.63, 3.8) is 0 Å². The molecule has 2 aromatic carbocycles. The SMILES string of the molecule is CC(C)[C@@H]1CO[C](C2=C=C=C=C2P(c2ccccc2)c2ccccc2)N1. The molecule has 0 spiro atoms. The van der Waals surface area contributed by atoms with Crippen LogP contribution in [-0.4, -0.2) is 12.6 Å². The van der Waals surface area contributed by atoms with Crippen molar-refractivity contribution in [3.8, 4) is 0 Å². The van der Waals surface area contributed by atoms with Crippen LogP contribution in [-0.2, 0) is 4.74 Å². The van der Waals surface area contributed by atoms with Gasteiger partial charge in [-0.3, -0.25) is 5.32 Å². The van der Waals surface area contributed by atoms with Gasteiger partial charge in [0.2, 0.25) is 6.23 Å². The summed E-state index contributed by atoms with van der Waals surface area (Å²) in [4.78, 5) is 0. The number of ether oxygens (including phenoxy) is 1. The van der Waals surface area contributed by atoms with Crippen LogP contribution < -0.4 is 15.9 Å². The van der Waals surface area contributed by atoms with E-state index < -0.39 is 7.92 Å². The van der Waals surface area contributed by atoms with Gasteiger partial charge in [-0.2, -0.15) is 0 Å². The second-order valence-electron chi connectivity index (χ2n) is 6.74. The summed E-state index contributed by atoms with van der Waals surface area (Å²) in [6.07, 6.45) is 0.815. The van der Waals surface area contributed by atoms with Gasteiger partial charge in [-0.05, 0) is 30.2 Å². The van der Waals surface area contributed by atoms with Crippen LogP contribution in [0.3, 0.4) is 0 Å². The molecule has 2 aromatic rings. The van der Waals surface area contributed by atoms with E-state index in [1.165, 1.54) is 10.6 Å². The van der Waals surface area contributed by atoms with Crippen molar-refractivity contribution < 1.29 is 4.74 Å². The lowest BCUT2D eigenvalue weighted by atomic mass is 10.1. The van der Waals surface area contributed by atoms with Gasteiger partial charge in [0, 0.05) is 6.04 Å². The molecule has 26 heavy (non-hydrogen) atoms. The third kappa shape index (κ3) is 3.41. The maximum Gasteiger partial charge on any atom is 0.203 e. The Labute approximate surface area is 156 Å². The molecular formula is C23H21NOP. The lowest BCUT2D eigenvalue weighted by Gasteiger charge is -2.22. The van der Waals surface area contributed by atoms with Gasteiger partial charge in [0.25, 0.3) is 0 Å². The van der Waals surface area contributed by atoms with Gasteiger partial charge in [-0.1, -0.05) is 86.0 Å². The van der Waals surface area contributed by atoms with Crippen molar-refractivity contribution >= 4 is 18.5 Å². The molecule has 1 N–H and O–H groups in total. The summed E-state index contributed by atoms with van der Waals surface area (Å²) in [5.41, 5.74) is 10.6. The minimum absolute atomic E-state index is 0.334. The first-order valence-corrected chi connectivity index (χ1v) is 10.3. The zero-order valence-electron chi connectivity index (χ0n) is 15.0. The number of nitrogens with one attached hydrogen (secondary N) is 1. The Morgan fingerprint density at radius 3 is 2.12 bits per heavy atom. The standard InChI is InChI=1S/C23H21NOP/c1-17(2)21-16-25-23(24-21)20-14-9-15-22(20)26(18-10-5-3-6-11-18)19-12-7-4-8-13-19/h3-8,10-13,17,21,24H,16H2,1-2H3/t21-/m0/s1. The van der Waals surface area contributed by atoms with E-state index in [4.69, 9.17) is 4.74 Å². The molecule has 0 unspecified atom stereocenters. The molecular weight excluding hydrogens is 337 g/mol. The van der Waals surface area contributed by atoms with Gasteiger partial charge in [0.1, 0.15) is 0 Å². The molecule has 0 saturated carbocycles. The second kappa shape index (κ2) is 7.63. The van der Waals surface area contributed by atoms with E-state index >= 15 is 0 Å². The molecule has 0 bridgehead atoms. The molecule has 1 aliphatic heterocycles. The van der Waals surface area contributed by atoms with Crippen molar-refractivity contribution in [3.05, 3.63) is 95.0 Å². The van der Waals surface area contributed by atoms with E-state index in [9.17, 15) is 0 Å². The summed E-state index contributed by atoms with van der Waals surface area (Å²) in [6, 6.07) is 21.6. The summed E-state index contributed by atoms with van der Waals surface area (Å²) < 4.78 is 5.98. The highest BCUT2D eigenvalue weighted by Gasteiger charge is 2.35. The third-order valence-electron chi connectivity index (χ3n) is 4.61. The average Bonchev–Trinajstić information content (AvgIpc) is 3.33. The van der Waals surface area contributed by atoms with Crippen LogP contribution in [0, 0.1) is 12.1 Å². The highest BCUT2D eigenvalue weighted by Crippen LogP contribution is 2.49. The maximum absolute atomic E-state index is 5.98. The third-order valence-corrected chi connectivity index (χ3v) is 7.02. The van der Waals surface area contributed by atoms with Gasteiger partial charge in [0.15, 0.2) is 0 Å². The first kappa shape index (κ1) is 17.3. The predicted octanol–water partition coefficient (Wildman–Crippen LogP) is 3.99. The highest BCUT2D eigenvalue weighted by atomic mass is 31.1. The van der Waals surface area contributed by atoms with Gasteiger partial charge in [0.05, 0.1) is 17.5 Å². The maximum atomic E-state index is 5.98. The molecule has 129 valence electrons. The number of rotatable bonds is 5. The highest BCUT2D eigenvalue weighted by molar-refractivity contribution is 7.77. The Kier molecular flexibility index (Phi) is 5.07. The summed E-state index contributed by atoms with van der Waals surface area (Å²) in [7, 11) is -0.734. The summed E-state index contributed by atoms with van der Waals surface area (Å²) >= 11 is 0. The molecule has 1 saturated heterocycles. The molecule has 2 aliphatic rings. The zero-order valence-corrected chi connectivity index (χ0v) is 15.9. The van der Waals surface area contributed by atoms with Crippen molar-refractivity contribution in [2.45, 2.75) is 19.9 Å². The first-order chi connectivity index (χ1) is 12.7. The second-order valence-corrected chi connectivity index (χ2v) is 8.89. The van der Waals surface area contributed by atoms with Gasteiger partial charge < -0.3 is 4.74 Å². The van der Waals surface area contributed by atoms with Crippen LogP contribution in [0.25, 0.3) is 0 Å². The van der Waals surface area contributed by atoms with Crippen molar-refractivity contribution in [2.24, 2.45) is 5.92 Å². The van der Waals surface area contributed by atoms with Crippen LogP contribution in [0.4, 0.5) is 0 Å². The fraction of sp³-hybridized carbons (Fsp3) is 0.217. The quantitative estimate of drug-likeness (QED) is 0.645. The average molecular weight is 358 g/mol. The van der Waals surface area contributed by atoms with Crippen LogP contribution in [0.2, 0.25) is 0 Å². The molecule has 0 amide bonds. The zero-order chi connectivity index (χ0) is 17.9. The molecule has 1 atom stereocenters. The molecule has 1 radical (unpaired) electrons. The lowest BCUT2D eigenvalue weighted by molar-refractivity contribution is 0.202. The molecule has 1 fully saturated rings. The summed E-state index contributed by atoms with van der Waals surface area (Å²) in [6.45, 7) is 5.11. The van der Waals surface area contributed by atoms with Crippen LogP contribution in [0.15, 0.2) is 88.7 Å². The Morgan fingerprint density at radius 1 is 0.962 bits per heavy atom. The molecule has 1 heterocycles. The lowest BCUT2D eigenvalue weighted by Crippen LogP contribution is -2.31. The monoisotopic (exact) mass is 358 g/mol. The Balaban J connectivity index is 1.69. The summed E-state index contributed by atoms with van der Waals surface area (Å²) in [5, 5.41) is 7.22. The van der Waals surface area contributed by atoms with Crippen LogP contribution in [0.5, 0.6) is 0 Å².